The lowest BCUT2D eigenvalue weighted by molar-refractivity contribution is 0.0717. The van der Waals surface area contributed by atoms with E-state index in [9.17, 15) is 4.79 Å². The van der Waals surface area contributed by atoms with E-state index in [1.165, 1.54) is 21.0 Å². The zero-order valence-corrected chi connectivity index (χ0v) is 17.7. The number of para-hydroxylation sites is 1. The maximum atomic E-state index is 13.1. The van der Waals surface area contributed by atoms with E-state index in [2.05, 4.69) is 28.2 Å². The van der Waals surface area contributed by atoms with Gasteiger partial charge in [0.1, 0.15) is 9.88 Å². The molecule has 1 amide bonds. The van der Waals surface area contributed by atoms with Crippen LogP contribution in [0.5, 0.6) is 0 Å². The highest BCUT2D eigenvalue weighted by atomic mass is 32.1. The molecule has 0 unspecified atom stereocenters. The molecule has 0 bridgehead atoms. The molecule has 4 heterocycles. The van der Waals surface area contributed by atoms with E-state index in [4.69, 9.17) is 4.98 Å². The second-order valence-corrected chi connectivity index (χ2v) is 9.30. The van der Waals surface area contributed by atoms with Gasteiger partial charge in [-0.3, -0.25) is 9.78 Å². The van der Waals surface area contributed by atoms with Gasteiger partial charge in [-0.15, -0.1) is 22.7 Å². The molecule has 5 rings (SSSR count). The average Bonchev–Trinajstić information content (AvgIpc) is 3.38. The predicted octanol–water partition coefficient (Wildman–Crippen LogP) is 5.14. The maximum absolute atomic E-state index is 13.1. The number of thiazole rings is 2. The van der Waals surface area contributed by atoms with Crippen molar-refractivity contribution in [2.24, 2.45) is 0 Å². The van der Waals surface area contributed by atoms with Crippen molar-refractivity contribution in [1.82, 2.24) is 19.9 Å². The van der Waals surface area contributed by atoms with Gasteiger partial charge in [0.2, 0.25) is 0 Å². The first kappa shape index (κ1) is 18.4. The second-order valence-electron chi connectivity index (χ2n) is 7.23. The van der Waals surface area contributed by atoms with E-state index >= 15 is 0 Å². The summed E-state index contributed by atoms with van der Waals surface area (Å²) < 4.78 is 1.24. The van der Waals surface area contributed by atoms with E-state index in [1.54, 1.807) is 17.5 Å². The van der Waals surface area contributed by atoms with E-state index in [0.29, 0.717) is 5.92 Å². The third kappa shape index (κ3) is 3.56. The van der Waals surface area contributed by atoms with E-state index in [-0.39, 0.29) is 5.91 Å². The summed E-state index contributed by atoms with van der Waals surface area (Å²) in [5.41, 5.74) is 2.68. The first-order chi connectivity index (χ1) is 14.2. The van der Waals surface area contributed by atoms with Crippen LogP contribution in [0.4, 0.5) is 0 Å². The largest absolute Gasteiger partial charge is 0.338 e. The number of hydrogen-bond acceptors (Lipinski definition) is 6. The van der Waals surface area contributed by atoms with E-state index < -0.39 is 0 Å². The van der Waals surface area contributed by atoms with Gasteiger partial charge in [0.05, 0.1) is 26.6 Å². The van der Waals surface area contributed by atoms with Crippen molar-refractivity contribution in [2.45, 2.75) is 25.7 Å². The zero-order valence-electron chi connectivity index (χ0n) is 16.0. The molecule has 1 saturated heterocycles. The number of nitrogens with zero attached hydrogens (tertiary/aromatic N) is 4. The number of benzene rings is 1. The minimum Gasteiger partial charge on any atom is -0.338 e. The topological polar surface area (TPSA) is 59.0 Å². The minimum atomic E-state index is 0.0879. The lowest BCUT2D eigenvalue weighted by atomic mass is 9.97. The molecule has 7 heteroatoms. The molecular weight excluding hydrogens is 400 g/mol. The maximum Gasteiger partial charge on any atom is 0.265 e. The standard InChI is InChI=1S/C22H20N4OS2/c1-14-19(29-21(24-14)17-7-4-5-11-23-17)22(27)26-12-9-15(10-13-26)20-25-16-6-2-3-8-18(16)28-20/h2-8,11,15H,9-10,12-13H2,1H3. The summed E-state index contributed by atoms with van der Waals surface area (Å²) in [5.74, 6) is 0.521. The molecule has 1 aliphatic heterocycles. The number of carbonyl (C=O) groups is 1. The van der Waals surface area contributed by atoms with Crippen molar-refractivity contribution >= 4 is 38.8 Å². The Morgan fingerprint density at radius 2 is 1.83 bits per heavy atom. The molecule has 1 aliphatic rings. The van der Waals surface area contributed by atoms with Crippen LogP contribution in [0.1, 0.15) is 39.1 Å². The van der Waals surface area contributed by atoms with Gasteiger partial charge in [-0.05, 0) is 44.0 Å². The van der Waals surface area contributed by atoms with Crippen molar-refractivity contribution in [3.8, 4) is 10.7 Å². The first-order valence-corrected chi connectivity index (χ1v) is 11.4. The molecule has 0 saturated carbocycles. The van der Waals surface area contributed by atoms with Gasteiger partial charge < -0.3 is 4.90 Å². The fourth-order valence-corrected chi connectivity index (χ4v) is 5.88. The highest BCUT2D eigenvalue weighted by molar-refractivity contribution is 7.18. The van der Waals surface area contributed by atoms with Gasteiger partial charge in [0.15, 0.2) is 0 Å². The summed E-state index contributed by atoms with van der Waals surface area (Å²) in [7, 11) is 0. The van der Waals surface area contributed by atoms with Crippen LogP contribution in [-0.4, -0.2) is 38.8 Å². The number of piperidine rings is 1. The van der Waals surface area contributed by atoms with Gasteiger partial charge in [-0.1, -0.05) is 18.2 Å². The Hall–Kier alpha value is -2.64. The lowest BCUT2D eigenvalue weighted by Crippen LogP contribution is -2.37. The minimum absolute atomic E-state index is 0.0879. The summed E-state index contributed by atoms with van der Waals surface area (Å²) in [6.45, 7) is 3.43. The molecule has 0 atom stereocenters. The number of aryl methyl sites for hydroxylation is 1. The zero-order chi connectivity index (χ0) is 19.8. The fraction of sp³-hybridized carbons (Fsp3) is 0.273. The van der Waals surface area contributed by atoms with Crippen molar-refractivity contribution < 1.29 is 4.79 Å². The van der Waals surface area contributed by atoms with Crippen molar-refractivity contribution in [1.29, 1.82) is 0 Å². The smallest absolute Gasteiger partial charge is 0.265 e. The number of amides is 1. The predicted molar refractivity (Wildman–Crippen MR) is 118 cm³/mol. The molecule has 0 spiro atoms. The molecule has 29 heavy (non-hydrogen) atoms. The lowest BCUT2D eigenvalue weighted by Gasteiger charge is -2.30. The van der Waals surface area contributed by atoms with Crippen LogP contribution in [0.3, 0.4) is 0 Å². The number of aromatic nitrogens is 3. The van der Waals surface area contributed by atoms with Gasteiger partial charge in [0, 0.05) is 25.2 Å². The number of hydrogen-bond donors (Lipinski definition) is 0. The molecule has 1 fully saturated rings. The Morgan fingerprint density at radius 3 is 2.59 bits per heavy atom. The Labute approximate surface area is 177 Å². The van der Waals surface area contributed by atoms with Crippen LogP contribution in [0.15, 0.2) is 48.7 Å². The van der Waals surface area contributed by atoms with Gasteiger partial charge in [0.25, 0.3) is 5.91 Å². The molecule has 5 nitrogen and oxygen atoms in total. The Morgan fingerprint density at radius 1 is 1.03 bits per heavy atom. The fourth-order valence-electron chi connectivity index (χ4n) is 3.73. The number of likely N-dealkylation sites (tertiary alicyclic amines) is 1. The van der Waals surface area contributed by atoms with E-state index in [1.807, 2.05) is 36.1 Å². The number of rotatable bonds is 3. The van der Waals surface area contributed by atoms with Crippen LogP contribution >= 0.6 is 22.7 Å². The summed E-state index contributed by atoms with van der Waals surface area (Å²) in [6, 6.07) is 14.0. The van der Waals surface area contributed by atoms with Crippen LogP contribution in [0, 0.1) is 6.92 Å². The average molecular weight is 421 g/mol. The number of carbonyl (C=O) groups excluding carboxylic acids is 1. The third-order valence-corrected chi connectivity index (χ3v) is 7.68. The molecule has 146 valence electrons. The summed E-state index contributed by atoms with van der Waals surface area (Å²) in [4.78, 5) is 29.6. The molecule has 1 aromatic carbocycles. The second kappa shape index (κ2) is 7.65. The molecular formula is C22H20N4OS2. The normalized spacial score (nSPS) is 15.1. The molecule has 3 aromatic heterocycles. The monoisotopic (exact) mass is 420 g/mol. The van der Waals surface area contributed by atoms with Crippen molar-refractivity contribution in [3.63, 3.8) is 0 Å². The highest BCUT2D eigenvalue weighted by Gasteiger charge is 2.28. The Kier molecular flexibility index (Phi) is 4.85. The number of pyridine rings is 1. The van der Waals surface area contributed by atoms with Gasteiger partial charge in [-0.2, -0.15) is 0 Å². The Bertz CT molecular complexity index is 1130. The van der Waals surface area contributed by atoms with Gasteiger partial charge >= 0.3 is 0 Å². The number of fused-ring (bicyclic) bond motifs is 1. The quantitative estimate of drug-likeness (QED) is 0.460. The summed E-state index contributed by atoms with van der Waals surface area (Å²) in [6.07, 6.45) is 3.66. The van der Waals surface area contributed by atoms with Crippen LogP contribution in [-0.2, 0) is 0 Å². The summed E-state index contributed by atoms with van der Waals surface area (Å²) in [5, 5.41) is 2.00. The first-order valence-electron chi connectivity index (χ1n) is 9.72. The third-order valence-electron chi connectivity index (χ3n) is 5.32. The highest BCUT2D eigenvalue weighted by Crippen LogP contribution is 2.35. The SMILES string of the molecule is Cc1nc(-c2ccccn2)sc1C(=O)N1CCC(c2nc3ccccc3s2)CC1. The summed E-state index contributed by atoms with van der Waals surface area (Å²) >= 11 is 3.22. The van der Waals surface area contributed by atoms with Crippen molar-refractivity contribution in [2.75, 3.05) is 13.1 Å². The molecule has 4 aromatic rings. The molecule has 0 N–H and O–H groups in total. The molecule has 0 radical (unpaired) electrons. The van der Waals surface area contributed by atoms with Crippen LogP contribution in [0.2, 0.25) is 0 Å². The van der Waals surface area contributed by atoms with Crippen LogP contribution in [0.25, 0.3) is 20.9 Å². The Balaban J connectivity index is 1.29. The van der Waals surface area contributed by atoms with Crippen molar-refractivity contribution in [3.05, 3.63) is 64.2 Å². The van der Waals surface area contributed by atoms with Crippen LogP contribution < -0.4 is 0 Å². The van der Waals surface area contributed by atoms with Gasteiger partial charge in [-0.25, -0.2) is 9.97 Å². The molecule has 0 aliphatic carbocycles. The van der Waals surface area contributed by atoms with E-state index in [0.717, 1.165) is 52.7 Å².